The van der Waals surface area contributed by atoms with Crippen LogP contribution in [0.15, 0.2) is 42.7 Å². The van der Waals surface area contributed by atoms with Crippen LogP contribution in [-0.2, 0) is 30.4 Å². The van der Waals surface area contributed by atoms with Gasteiger partial charge in [0, 0.05) is 17.3 Å². The van der Waals surface area contributed by atoms with Crippen LogP contribution in [0.3, 0.4) is 0 Å². The molecule has 1 N–H and O–H groups in total. The lowest BCUT2D eigenvalue weighted by molar-refractivity contribution is -0.684. The number of carbonyl (C=O) groups excluding carboxylic acids is 1. The lowest BCUT2D eigenvalue weighted by Crippen LogP contribution is -2.40. The lowest BCUT2D eigenvalue weighted by atomic mass is 9.93. The van der Waals surface area contributed by atoms with E-state index in [4.69, 9.17) is 0 Å². The summed E-state index contributed by atoms with van der Waals surface area (Å²) in [6.45, 7) is 0.0729. The molecular weight excluding hydrogens is 317 g/mol. The summed E-state index contributed by atoms with van der Waals surface area (Å²) < 4.78 is 39.9. The molecule has 1 aliphatic rings. The number of rotatable bonds is 3. The molecule has 1 heterocycles. The molecule has 0 unspecified atom stereocenters. The van der Waals surface area contributed by atoms with E-state index >= 15 is 0 Å². The van der Waals surface area contributed by atoms with Crippen LogP contribution in [0.1, 0.15) is 29.5 Å². The van der Waals surface area contributed by atoms with Crippen LogP contribution in [0.2, 0.25) is 0 Å². The molecule has 0 fully saturated rings. The third-order valence-corrected chi connectivity index (χ3v) is 4.14. The first-order valence-corrected chi connectivity index (χ1v) is 7.90. The Hall–Kier alpha value is -2.37. The average Bonchev–Trinajstić information content (AvgIpc) is 2.54. The van der Waals surface area contributed by atoms with Crippen LogP contribution in [0.5, 0.6) is 0 Å². The van der Waals surface area contributed by atoms with Crippen molar-refractivity contribution in [3.8, 4) is 0 Å². The number of fused-ring (bicyclic) bond motifs is 1. The topological polar surface area (TPSA) is 33.0 Å². The Balaban J connectivity index is 1.68. The Bertz CT molecular complexity index is 756. The lowest BCUT2D eigenvalue weighted by Gasteiger charge is -2.13. The smallest absolute Gasteiger partial charge is 0.321 e. The van der Waals surface area contributed by atoms with E-state index in [1.165, 1.54) is 29.7 Å². The third kappa shape index (κ3) is 3.93. The van der Waals surface area contributed by atoms with Gasteiger partial charge in [-0.3, -0.25) is 4.79 Å². The summed E-state index contributed by atoms with van der Waals surface area (Å²) in [7, 11) is 0. The highest BCUT2D eigenvalue weighted by Gasteiger charge is 2.30. The first-order chi connectivity index (χ1) is 11.4. The molecule has 0 aliphatic heterocycles. The number of benzene rings is 1. The summed E-state index contributed by atoms with van der Waals surface area (Å²) in [6, 6.07) is 6.67. The van der Waals surface area contributed by atoms with Gasteiger partial charge in [0.1, 0.15) is 0 Å². The Kier molecular flexibility index (Phi) is 4.55. The zero-order valence-electron chi connectivity index (χ0n) is 13.1. The second-order valence-electron chi connectivity index (χ2n) is 6.00. The number of nitrogens with one attached hydrogen (secondary N) is 1. The Morgan fingerprint density at radius 3 is 2.62 bits per heavy atom. The van der Waals surface area contributed by atoms with Crippen LogP contribution < -0.4 is 9.88 Å². The monoisotopic (exact) mass is 335 g/mol. The number of aryl methyl sites for hydroxylation is 2. The number of nitrogens with zero attached hydrogens (tertiary/aromatic N) is 1. The van der Waals surface area contributed by atoms with Gasteiger partial charge in [0.15, 0.2) is 12.4 Å². The van der Waals surface area contributed by atoms with Crippen molar-refractivity contribution in [3.05, 3.63) is 59.4 Å². The van der Waals surface area contributed by atoms with Crippen molar-refractivity contribution in [1.82, 2.24) is 0 Å². The summed E-state index contributed by atoms with van der Waals surface area (Å²) in [5, 5.41) is 2.52. The van der Waals surface area contributed by atoms with Crippen LogP contribution >= 0.6 is 0 Å². The quantitative estimate of drug-likeness (QED) is 0.856. The maximum absolute atomic E-state index is 12.7. The molecule has 0 saturated carbocycles. The molecular formula is C18H18F3N2O+. The molecule has 0 radical (unpaired) electrons. The van der Waals surface area contributed by atoms with E-state index in [2.05, 4.69) is 5.32 Å². The summed E-state index contributed by atoms with van der Waals surface area (Å²) in [4.78, 5) is 12.1. The molecule has 6 heteroatoms. The number of anilines is 1. The van der Waals surface area contributed by atoms with Gasteiger partial charge >= 0.3 is 6.18 Å². The average molecular weight is 335 g/mol. The van der Waals surface area contributed by atoms with Gasteiger partial charge in [0.05, 0.1) is 5.56 Å². The van der Waals surface area contributed by atoms with Gasteiger partial charge in [0.25, 0.3) is 5.91 Å². The number of hydrogen-bond donors (Lipinski definition) is 1. The molecule has 1 aliphatic carbocycles. The van der Waals surface area contributed by atoms with Gasteiger partial charge in [-0.05, 0) is 49.4 Å². The number of aromatic nitrogens is 1. The van der Waals surface area contributed by atoms with Crippen molar-refractivity contribution in [1.29, 1.82) is 0 Å². The molecule has 24 heavy (non-hydrogen) atoms. The number of halogens is 3. The van der Waals surface area contributed by atoms with E-state index in [0.29, 0.717) is 0 Å². The highest BCUT2D eigenvalue weighted by Crippen LogP contribution is 2.30. The zero-order chi connectivity index (χ0) is 17.2. The molecule has 0 atom stereocenters. The minimum Gasteiger partial charge on any atom is -0.321 e. The highest BCUT2D eigenvalue weighted by atomic mass is 19.4. The van der Waals surface area contributed by atoms with E-state index in [0.717, 1.165) is 31.4 Å². The first kappa shape index (κ1) is 16.5. The normalized spacial score (nSPS) is 14.1. The number of hydrogen-bond acceptors (Lipinski definition) is 1. The molecule has 1 amide bonds. The second-order valence-corrected chi connectivity index (χ2v) is 6.00. The number of carbonyl (C=O) groups is 1. The van der Waals surface area contributed by atoms with Crippen molar-refractivity contribution in [2.75, 3.05) is 5.32 Å². The number of pyridine rings is 1. The molecule has 126 valence electrons. The van der Waals surface area contributed by atoms with E-state index < -0.39 is 11.7 Å². The fourth-order valence-corrected chi connectivity index (χ4v) is 2.96. The summed E-state index contributed by atoms with van der Waals surface area (Å²) in [6.07, 6.45) is 3.78. The SMILES string of the molecule is O=C(C[n+]1ccc2c(c1)CCCC2)Nc1cccc(C(F)(F)F)c1. The maximum Gasteiger partial charge on any atom is 0.416 e. The van der Waals surface area contributed by atoms with E-state index in [1.807, 2.05) is 18.5 Å². The van der Waals surface area contributed by atoms with Crippen molar-refractivity contribution >= 4 is 11.6 Å². The minimum absolute atomic E-state index is 0.0729. The fraction of sp³-hybridized carbons (Fsp3) is 0.333. The Labute approximate surface area is 138 Å². The van der Waals surface area contributed by atoms with Gasteiger partial charge in [-0.1, -0.05) is 6.07 Å². The Morgan fingerprint density at radius 2 is 1.88 bits per heavy atom. The third-order valence-electron chi connectivity index (χ3n) is 4.14. The van der Waals surface area contributed by atoms with Crippen molar-refractivity contribution in [2.45, 2.75) is 38.4 Å². The second kappa shape index (κ2) is 6.63. The molecule has 3 rings (SSSR count). The van der Waals surface area contributed by atoms with Crippen molar-refractivity contribution in [2.24, 2.45) is 0 Å². The summed E-state index contributed by atoms with van der Waals surface area (Å²) >= 11 is 0. The molecule has 0 saturated heterocycles. The summed E-state index contributed by atoms with van der Waals surface area (Å²) in [5.41, 5.74) is 1.93. The van der Waals surface area contributed by atoms with Crippen LogP contribution in [0.25, 0.3) is 0 Å². The van der Waals surface area contributed by atoms with E-state index in [9.17, 15) is 18.0 Å². The predicted molar refractivity (Wildman–Crippen MR) is 83.4 cm³/mol. The standard InChI is InChI=1S/C18H17F3N2O/c19-18(20,21)15-6-3-7-16(10-15)22-17(24)12-23-9-8-13-4-1-2-5-14(13)11-23/h3,6-11H,1-2,4-5,12H2/p+1. The Morgan fingerprint density at radius 1 is 1.12 bits per heavy atom. The minimum atomic E-state index is -4.42. The predicted octanol–water partition coefficient (Wildman–Crippen LogP) is 3.51. The van der Waals surface area contributed by atoms with E-state index in [1.54, 1.807) is 4.57 Å². The maximum atomic E-state index is 12.7. The highest BCUT2D eigenvalue weighted by molar-refractivity contribution is 5.89. The molecule has 1 aromatic carbocycles. The van der Waals surface area contributed by atoms with Crippen LogP contribution in [-0.4, -0.2) is 5.91 Å². The van der Waals surface area contributed by atoms with Crippen LogP contribution in [0.4, 0.5) is 18.9 Å². The first-order valence-electron chi connectivity index (χ1n) is 7.90. The van der Waals surface area contributed by atoms with Crippen LogP contribution in [0, 0.1) is 0 Å². The zero-order valence-corrected chi connectivity index (χ0v) is 13.1. The molecule has 0 spiro atoms. The molecule has 1 aromatic heterocycles. The van der Waals surface area contributed by atoms with Gasteiger partial charge in [-0.15, -0.1) is 0 Å². The van der Waals surface area contributed by atoms with Crippen molar-refractivity contribution < 1.29 is 22.5 Å². The number of alkyl halides is 3. The van der Waals surface area contributed by atoms with Crippen molar-refractivity contribution in [3.63, 3.8) is 0 Å². The largest absolute Gasteiger partial charge is 0.416 e. The molecule has 2 aromatic rings. The van der Waals surface area contributed by atoms with Gasteiger partial charge < -0.3 is 5.32 Å². The summed E-state index contributed by atoms with van der Waals surface area (Å²) in [5.74, 6) is -0.352. The van der Waals surface area contributed by atoms with Gasteiger partial charge in [-0.2, -0.15) is 17.7 Å². The van der Waals surface area contributed by atoms with Gasteiger partial charge in [0.2, 0.25) is 6.54 Å². The van der Waals surface area contributed by atoms with Gasteiger partial charge in [-0.25, -0.2) is 0 Å². The molecule has 3 nitrogen and oxygen atoms in total. The molecule has 0 bridgehead atoms. The fourth-order valence-electron chi connectivity index (χ4n) is 2.96. The number of amides is 1. The van der Waals surface area contributed by atoms with E-state index in [-0.39, 0.29) is 18.1 Å².